The molecule has 1 aliphatic rings. The number of furan rings is 1. The Kier molecular flexibility index (Phi) is 4.46. The van der Waals surface area contributed by atoms with Crippen molar-refractivity contribution >= 4 is 0 Å². The normalized spacial score (nSPS) is 17.8. The molecule has 0 amide bonds. The summed E-state index contributed by atoms with van der Waals surface area (Å²) in [6.07, 6.45) is 9.25. The second kappa shape index (κ2) is 6.09. The van der Waals surface area contributed by atoms with Crippen molar-refractivity contribution in [1.29, 1.82) is 0 Å². The summed E-state index contributed by atoms with van der Waals surface area (Å²) >= 11 is 0. The van der Waals surface area contributed by atoms with Gasteiger partial charge in [-0.2, -0.15) is 0 Å². The fourth-order valence-corrected chi connectivity index (χ4v) is 2.50. The van der Waals surface area contributed by atoms with Gasteiger partial charge in [-0.05, 0) is 44.9 Å². The van der Waals surface area contributed by atoms with Gasteiger partial charge in [-0.3, -0.25) is 0 Å². The van der Waals surface area contributed by atoms with E-state index in [2.05, 4.69) is 11.4 Å². The lowest BCUT2D eigenvalue weighted by Gasteiger charge is -2.22. The van der Waals surface area contributed by atoms with Crippen molar-refractivity contribution in [1.82, 2.24) is 5.32 Å². The highest BCUT2D eigenvalue weighted by molar-refractivity contribution is 5.05. The fourth-order valence-electron chi connectivity index (χ4n) is 2.50. The van der Waals surface area contributed by atoms with Crippen molar-refractivity contribution in [3.8, 4) is 0 Å². The van der Waals surface area contributed by atoms with Crippen molar-refractivity contribution in [3.05, 3.63) is 23.7 Å². The third-order valence-electron chi connectivity index (χ3n) is 3.43. The smallest absolute Gasteiger partial charge is 0.104 e. The monoisotopic (exact) mass is 221 g/mol. The maximum atomic E-state index is 5.55. The maximum absolute atomic E-state index is 5.55. The first-order valence-corrected chi connectivity index (χ1v) is 6.63. The molecule has 0 aliphatic heterocycles. The van der Waals surface area contributed by atoms with Gasteiger partial charge in [-0.1, -0.05) is 19.3 Å². The van der Waals surface area contributed by atoms with E-state index in [-0.39, 0.29) is 0 Å². The molecule has 1 aliphatic carbocycles. The van der Waals surface area contributed by atoms with E-state index in [4.69, 9.17) is 4.42 Å². The summed E-state index contributed by atoms with van der Waals surface area (Å²) in [6, 6.07) is 4.92. The standard InChI is InChI=1S/C14H23NO/c1-12-9-10-14(16-12)8-5-11-15-13-6-3-2-4-7-13/h9-10,13,15H,2-8,11H2,1H3. The molecule has 1 N–H and O–H groups in total. The Morgan fingerprint density at radius 2 is 2.06 bits per heavy atom. The zero-order valence-corrected chi connectivity index (χ0v) is 10.3. The van der Waals surface area contributed by atoms with Gasteiger partial charge < -0.3 is 9.73 Å². The lowest BCUT2D eigenvalue weighted by atomic mass is 9.95. The summed E-state index contributed by atoms with van der Waals surface area (Å²) in [4.78, 5) is 0. The SMILES string of the molecule is Cc1ccc(CCCNC2CCCCC2)o1. The Bertz CT molecular complexity index is 299. The van der Waals surface area contributed by atoms with E-state index in [0.717, 1.165) is 30.5 Å². The zero-order valence-electron chi connectivity index (χ0n) is 10.3. The summed E-state index contributed by atoms with van der Waals surface area (Å²) in [6.45, 7) is 3.13. The lowest BCUT2D eigenvalue weighted by Crippen LogP contribution is -2.31. The van der Waals surface area contributed by atoms with Crippen LogP contribution in [0.5, 0.6) is 0 Å². The molecule has 1 aromatic rings. The average Bonchev–Trinajstić information content (AvgIpc) is 2.72. The third kappa shape index (κ3) is 3.67. The Morgan fingerprint density at radius 1 is 1.25 bits per heavy atom. The minimum Gasteiger partial charge on any atom is -0.466 e. The fraction of sp³-hybridized carbons (Fsp3) is 0.714. The predicted molar refractivity (Wildman–Crippen MR) is 66.6 cm³/mol. The molecule has 2 heteroatoms. The molecule has 1 heterocycles. The molecule has 0 unspecified atom stereocenters. The summed E-state index contributed by atoms with van der Waals surface area (Å²) in [5, 5.41) is 3.66. The molecule has 0 bridgehead atoms. The number of aryl methyl sites for hydroxylation is 2. The maximum Gasteiger partial charge on any atom is 0.104 e. The third-order valence-corrected chi connectivity index (χ3v) is 3.43. The van der Waals surface area contributed by atoms with Gasteiger partial charge in [0, 0.05) is 12.5 Å². The molecule has 2 rings (SSSR count). The largest absolute Gasteiger partial charge is 0.466 e. The Labute approximate surface area is 98.4 Å². The van der Waals surface area contributed by atoms with Crippen LogP contribution < -0.4 is 5.32 Å². The topological polar surface area (TPSA) is 25.2 Å². The van der Waals surface area contributed by atoms with Crippen LogP contribution in [0.15, 0.2) is 16.5 Å². The van der Waals surface area contributed by atoms with E-state index in [1.807, 2.05) is 13.0 Å². The Morgan fingerprint density at radius 3 is 2.75 bits per heavy atom. The number of rotatable bonds is 5. The molecule has 1 fully saturated rings. The van der Waals surface area contributed by atoms with Crippen molar-refractivity contribution in [2.75, 3.05) is 6.54 Å². The van der Waals surface area contributed by atoms with Crippen LogP contribution in [0, 0.1) is 6.92 Å². The highest BCUT2D eigenvalue weighted by atomic mass is 16.3. The second-order valence-corrected chi connectivity index (χ2v) is 4.90. The molecular weight excluding hydrogens is 198 g/mol. The summed E-state index contributed by atoms with van der Waals surface area (Å²) in [7, 11) is 0. The van der Waals surface area contributed by atoms with Crippen LogP contribution >= 0.6 is 0 Å². The van der Waals surface area contributed by atoms with Gasteiger partial charge in [-0.15, -0.1) is 0 Å². The van der Waals surface area contributed by atoms with E-state index in [1.54, 1.807) is 0 Å². The number of hydrogen-bond donors (Lipinski definition) is 1. The van der Waals surface area contributed by atoms with Gasteiger partial charge in [0.15, 0.2) is 0 Å². The summed E-state index contributed by atoms with van der Waals surface area (Å²) in [5.41, 5.74) is 0. The minimum absolute atomic E-state index is 0.784. The molecule has 0 saturated heterocycles. The Hall–Kier alpha value is -0.760. The van der Waals surface area contributed by atoms with Crippen LogP contribution in [0.4, 0.5) is 0 Å². The summed E-state index contributed by atoms with van der Waals surface area (Å²) < 4.78 is 5.55. The van der Waals surface area contributed by atoms with Crippen LogP contribution in [0.1, 0.15) is 50.0 Å². The van der Waals surface area contributed by atoms with Gasteiger partial charge in [-0.25, -0.2) is 0 Å². The highest BCUT2D eigenvalue weighted by Crippen LogP contribution is 2.17. The predicted octanol–water partition coefficient (Wildman–Crippen LogP) is 3.44. The molecule has 16 heavy (non-hydrogen) atoms. The van der Waals surface area contributed by atoms with Crippen molar-refractivity contribution in [3.63, 3.8) is 0 Å². The molecular formula is C14H23NO. The van der Waals surface area contributed by atoms with Crippen LogP contribution in [-0.4, -0.2) is 12.6 Å². The molecule has 0 aromatic carbocycles. The van der Waals surface area contributed by atoms with Gasteiger partial charge in [0.05, 0.1) is 0 Å². The van der Waals surface area contributed by atoms with Gasteiger partial charge in [0.25, 0.3) is 0 Å². The van der Waals surface area contributed by atoms with Crippen molar-refractivity contribution in [2.24, 2.45) is 0 Å². The van der Waals surface area contributed by atoms with Crippen LogP contribution in [0.2, 0.25) is 0 Å². The molecule has 2 nitrogen and oxygen atoms in total. The number of nitrogens with one attached hydrogen (secondary N) is 1. The molecule has 1 aromatic heterocycles. The van der Waals surface area contributed by atoms with Gasteiger partial charge in [0.1, 0.15) is 11.5 Å². The van der Waals surface area contributed by atoms with Crippen molar-refractivity contribution in [2.45, 2.75) is 57.9 Å². The van der Waals surface area contributed by atoms with Crippen LogP contribution in [0.25, 0.3) is 0 Å². The first-order valence-electron chi connectivity index (χ1n) is 6.63. The molecule has 0 radical (unpaired) electrons. The average molecular weight is 221 g/mol. The Balaban J connectivity index is 1.57. The molecule has 90 valence electrons. The zero-order chi connectivity index (χ0) is 11.2. The minimum atomic E-state index is 0.784. The molecule has 1 saturated carbocycles. The number of hydrogen-bond acceptors (Lipinski definition) is 2. The van der Waals surface area contributed by atoms with E-state index < -0.39 is 0 Å². The van der Waals surface area contributed by atoms with Gasteiger partial charge >= 0.3 is 0 Å². The van der Waals surface area contributed by atoms with E-state index in [9.17, 15) is 0 Å². The molecule has 0 spiro atoms. The second-order valence-electron chi connectivity index (χ2n) is 4.90. The lowest BCUT2D eigenvalue weighted by molar-refractivity contribution is 0.369. The first kappa shape index (κ1) is 11.7. The first-order chi connectivity index (χ1) is 7.84. The van der Waals surface area contributed by atoms with E-state index in [1.165, 1.54) is 38.5 Å². The molecule has 0 atom stereocenters. The van der Waals surface area contributed by atoms with Crippen LogP contribution in [-0.2, 0) is 6.42 Å². The summed E-state index contributed by atoms with van der Waals surface area (Å²) in [5.74, 6) is 2.15. The highest BCUT2D eigenvalue weighted by Gasteiger charge is 2.11. The van der Waals surface area contributed by atoms with E-state index >= 15 is 0 Å². The van der Waals surface area contributed by atoms with Crippen molar-refractivity contribution < 1.29 is 4.42 Å². The quantitative estimate of drug-likeness (QED) is 0.770. The van der Waals surface area contributed by atoms with Crippen LogP contribution in [0.3, 0.4) is 0 Å². The van der Waals surface area contributed by atoms with Gasteiger partial charge in [0.2, 0.25) is 0 Å². The van der Waals surface area contributed by atoms with E-state index in [0.29, 0.717) is 0 Å².